The van der Waals surface area contributed by atoms with Crippen molar-refractivity contribution >= 4 is 10.9 Å². The number of aromatic nitrogens is 2. The molecule has 1 aromatic carbocycles. The Morgan fingerprint density at radius 1 is 1.21 bits per heavy atom. The van der Waals surface area contributed by atoms with Gasteiger partial charge in [0.25, 0.3) is 0 Å². The second-order valence-electron chi connectivity index (χ2n) is 4.36. The quantitative estimate of drug-likeness (QED) is 0.751. The van der Waals surface area contributed by atoms with Gasteiger partial charge in [-0.1, -0.05) is 18.2 Å². The predicted molar refractivity (Wildman–Crippen MR) is 74.8 cm³/mol. The molecule has 19 heavy (non-hydrogen) atoms. The summed E-state index contributed by atoms with van der Waals surface area (Å²) in [6.45, 7) is 1.02. The van der Waals surface area contributed by atoms with E-state index in [4.69, 9.17) is 10.5 Å². The maximum atomic E-state index is 5.73. The number of hydrogen-bond donors (Lipinski definition) is 2. The summed E-state index contributed by atoms with van der Waals surface area (Å²) in [7, 11) is 0. The Morgan fingerprint density at radius 2 is 2.16 bits per heavy atom. The van der Waals surface area contributed by atoms with Gasteiger partial charge >= 0.3 is 0 Å². The van der Waals surface area contributed by atoms with Crippen LogP contribution in [0.2, 0.25) is 0 Å². The molecule has 0 amide bonds. The summed E-state index contributed by atoms with van der Waals surface area (Å²) in [5.74, 6) is 0.764. The SMILES string of the molecule is NCc1cccc2cc(COc3cccnc3)[nH]c12. The van der Waals surface area contributed by atoms with Crippen molar-refractivity contribution in [1.82, 2.24) is 9.97 Å². The van der Waals surface area contributed by atoms with Crippen molar-refractivity contribution in [2.75, 3.05) is 0 Å². The van der Waals surface area contributed by atoms with Gasteiger partial charge in [0.15, 0.2) is 0 Å². The summed E-state index contributed by atoms with van der Waals surface area (Å²) in [4.78, 5) is 7.38. The van der Waals surface area contributed by atoms with Gasteiger partial charge in [0.05, 0.1) is 17.4 Å². The average Bonchev–Trinajstić information content (AvgIpc) is 2.89. The highest BCUT2D eigenvalue weighted by Crippen LogP contribution is 2.20. The second kappa shape index (κ2) is 5.12. The first-order valence-corrected chi connectivity index (χ1v) is 6.19. The molecule has 0 spiro atoms. The van der Waals surface area contributed by atoms with Gasteiger partial charge in [0.1, 0.15) is 12.4 Å². The van der Waals surface area contributed by atoms with Gasteiger partial charge in [-0.3, -0.25) is 4.98 Å². The van der Waals surface area contributed by atoms with E-state index in [0.717, 1.165) is 27.9 Å². The third-order valence-corrected chi connectivity index (χ3v) is 3.05. The first-order chi connectivity index (χ1) is 9.36. The smallest absolute Gasteiger partial charge is 0.138 e. The van der Waals surface area contributed by atoms with Crippen LogP contribution in [0, 0.1) is 0 Å². The van der Waals surface area contributed by atoms with Crippen LogP contribution in [0.4, 0.5) is 0 Å². The maximum absolute atomic E-state index is 5.73. The van der Waals surface area contributed by atoms with E-state index in [0.29, 0.717) is 13.2 Å². The van der Waals surface area contributed by atoms with Gasteiger partial charge in [-0.05, 0) is 23.8 Å². The lowest BCUT2D eigenvalue weighted by Crippen LogP contribution is -1.98. The number of nitrogens with one attached hydrogen (secondary N) is 1. The third-order valence-electron chi connectivity index (χ3n) is 3.05. The summed E-state index contributed by atoms with van der Waals surface area (Å²) in [6, 6.07) is 12.0. The van der Waals surface area contributed by atoms with Crippen molar-refractivity contribution in [2.24, 2.45) is 5.73 Å². The Balaban J connectivity index is 1.82. The van der Waals surface area contributed by atoms with E-state index in [2.05, 4.69) is 22.1 Å². The van der Waals surface area contributed by atoms with Crippen LogP contribution >= 0.6 is 0 Å². The molecule has 0 aliphatic carbocycles. The van der Waals surface area contributed by atoms with Gasteiger partial charge < -0.3 is 15.5 Å². The van der Waals surface area contributed by atoms with Crippen molar-refractivity contribution < 1.29 is 4.74 Å². The van der Waals surface area contributed by atoms with Crippen LogP contribution in [0.15, 0.2) is 48.8 Å². The molecule has 0 saturated carbocycles. The van der Waals surface area contributed by atoms with E-state index >= 15 is 0 Å². The molecular formula is C15H15N3O. The second-order valence-corrected chi connectivity index (χ2v) is 4.36. The summed E-state index contributed by atoms with van der Waals surface area (Å²) < 4.78 is 5.67. The molecule has 3 rings (SSSR count). The normalized spacial score (nSPS) is 10.8. The largest absolute Gasteiger partial charge is 0.486 e. The number of H-pyrrole nitrogens is 1. The zero-order valence-corrected chi connectivity index (χ0v) is 10.5. The number of rotatable bonds is 4. The first kappa shape index (κ1) is 11.7. The molecule has 4 nitrogen and oxygen atoms in total. The number of nitrogens with two attached hydrogens (primary N) is 1. The molecule has 0 aliphatic heterocycles. The fraction of sp³-hybridized carbons (Fsp3) is 0.133. The standard InChI is InChI=1S/C15H15N3O/c16-8-12-4-1-3-11-7-13(18-15(11)12)10-19-14-5-2-6-17-9-14/h1-7,9,18H,8,10,16H2. The topological polar surface area (TPSA) is 63.9 Å². The Labute approximate surface area is 111 Å². The van der Waals surface area contributed by atoms with Gasteiger partial charge in [-0.15, -0.1) is 0 Å². The minimum atomic E-state index is 0.490. The molecule has 0 bridgehead atoms. The van der Waals surface area contributed by atoms with E-state index in [1.165, 1.54) is 0 Å². The zero-order chi connectivity index (χ0) is 13.1. The highest BCUT2D eigenvalue weighted by atomic mass is 16.5. The van der Waals surface area contributed by atoms with Crippen molar-refractivity contribution in [2.45, 2.75) is 13.2 Å². The molecular weight excluding hydrogens is 238 g/mol. The molecule has 2 aromatic heterocycles. The van der Waals surface area contributed by atoms with E-state index in [9.17, 15) is 0 Å². The molecule has 3 aromatic rings. The van der Waals surface area contributed by atoms with Crippen molar-refractivity contribution in [3.8, 4) is 5.75 Å². The van der Waals surface area contributed by atoms with E-state index in [1.807, 2.05) is 24.3 Å². The number of nitrogens with zero attached hydrogens (tertiary/aromatic N) is 1. The number of ether oxygens (including phenoxy) is 1. The monoisotopic (exact) mass is 253 g/mol. The molecule has 0 radical (unpaired) electrons. The number of aromatic amines is 1. The van der Waals surface area contributed by atoms with Crippen molar-refractivity contribution in [3.63, 3.8) is 0 Å². The summed E-state index contributed by atoms with van der Waals surface area (Å²) >= 11 is 0. The Hall–Kier alpha value is -2.33. The lowest BCUT2D eigenvalue weighted by Gasteiger charge is -2.03. The Morgan fingerprint density at radius 3 is 2.95 bits per heavy atom. The maximum Gasteiger partial charge on any atom is 0.138 e. The number of fused-ring (bicyclic) bond motifs is 1. The van der Waals surface area contributed by atoms with Gasteiger partial charge in [0.2, 0.25) is 0 Å². The average molecular weight is 253 g/mol. The number of para-hydroxylation sites is 1. The van der Waals surface area contributed by atoms with E-state index < -0.39 is 0 Å². The van der Waals surface area contributed by atoms with Gasteiger partial charge in [-0.25, -0.2) is 0 Å². The van der Waals surface area contributed by atoms with E-state index in [-0.39, 0.29) is 0 Å². The fourth-order valence-corrected chi connectivity index (χ4v) is 2.12. The zero-order valence-electron chi connectivity index (χ0n) is 10.5. The van der Waals surface area contributed by atoms with Crippen LogP contribution < -0.4 is 10.5 Å². The van der Waals surface area contributed by atoms with Crippen LogP contribution in [-0.2, 0) is 13.2 Å². The Kier molecular flexibility index (Phi) is 3.16. The van der Waals surface area contributed by atoms with Crippen LogP contribution in [0.25, 0.3) is 10.9 Å². The molecule has 96 valence electrons. The minimum absolute atomic E-state index is 0.490. The van der Waals surface area contributed by atoms with Gasteiger partial charge in [0, 0.05) is 18.1 Å². The molecule has 3 N–H and O–H groups in total. The predicted octanol–water partition coefficient (Wildman–Crippen LogP) is 2.60. The number of hydrogen-bond acceptors (Lipinski definition) is 3. The van der Waals surface area contributed by atoms with Crippen molar-refractivity contribution in [3.05, 3.63) is 60.0 Å². The van der Waals surface area contributed by atoms with Crippen LogP contribution in [0.3, 0.4) is 0 Å². The highest BCUT2D eigenvalue weighted by Gasteiger charge is 2.05. The van der Waals surface area contributed by atoms with Crippen molar-refractivity contribution in [1.29, 1.82) is 0 Å². The van der Waals surface area contributed by atoms with E-state index in [1.54, 1.807) is 12.4 Å². The third kappa shape index (κ3) is 2.44. The summed E-state index contributed by atoms with van der Waals surface area (Å²) in [5, 5.41) is 1.16. The van der Waals surface area contributed by atoms with Crippen LogP contribution in [0.1, 0.15) is 11.3 Å². The highest BCUT2D eigenvalue weighted by molar-refractivity contribution is 5.83. The molecule has 0 fully saturated rings. The molecule has 0 unspecified atom stereocenters. The molecule has 0 aliphatic rings. The number of pyridine rings is 1. The van der Waals surface area contributed by atoms with Crippen LogP contribution in [0.5, 0.6) is 5.75 Å². The molecule has 0 atom stereocenters. The Bertz CT molecular complexity index is 676. The lowest BCUT2D eigenvalue weighted by molar-refractivity contribution is 0.301. The summed E-state index contributed by atoms with van der Waals surface area (Å²) in [6.07, 6.45) is 3.43. The first-order valence-electron chi connectivity index (χ1n) is 6.19. The molecule has 4 heteroatoms. The van der Waals surface area contributed by atoms with Crippen LogP contribution in [-0.4, -0.2) is 9.97 Å². The summed E-state index contributed by atoms with van der Waals surface area (Å²) in [5.41, 5.74) is 8.97. The molecule has 0 saturated heterocycles. The number of benzene rings is 1. The minimum Gasteiger partial charge on any atom is -0.486 e. The lowest BCUT2D eigenvalue weighted by atomic mass is 10.1. The van der Waals surface area contributed by atoms with Gasteiger partial charge in [-0.2, -0.15) is 0 Å². The fourth-order valence-electron chi connectivity index (χ4n) is 2.12. The molecule has 2 heterocycles.